The number of hydrogen-bond acceptors (Lipinski definition) is 3. The van der Waals surface area contributed by atoms with Crippen molar-refractivity contribution in [1.29, 1.82) is 0 Å². The molecule has 6 heteroatoms. The molecule has 0 radical (unpaired) electrons. The summed E-state index contributed by atoms with van der Waals surface area (Å²) in [7, 11) is 0. The fraction of sp³-hybridized carbons (Fsp3) is 0.316. The van der Waals surface area contributed by atoms with Crippen molar-refractivity contribution >= 4 is 40.9 Å². The summed E-state index contributed by atoms with van der Waals surface area (Å²) < 4.78 is 0. The van der Waals surface area contributed by atoms with E-state index in [4.69, 9.17) is 28.9 Å². The molecule has 0 spiro atoms. The number of benzene rings is 2. The fourth-order valence-electron chi connectivity index (χ4n) is 2.86. The second-order valence-corrected chi connectivity index (χ2v) is 8.15. The molecule has 2 aromatic carbocycles. The van der Waals surface area contributed by atoms with Gasteiger partial charge in [0.05, 0.1) is 0 Å². The second kappa shape index (κ2) is 8.45. The Morgan fingerprint density at radius 2 is 1.80 bits per heavy atom. The Morgan fingerprint density at radius 1 is 1.12 bits per heavy atom. The Labute approximate surface area is 162 Å². The third kappa shape index (κ3) is 5.14. The van der Waals surface area contributed by atoms with Gasteiger partial charge in [0.2, 0.25) is 0 Å². The van der Waals surface area contributed by atoms with Crippen LogP contribution in [0.5, 0.6) is 0 Å². The molecule has 0 aromatic heterocycles. The summed E-state index contributed by atoms with van der Waals surface area (Å²) in [6.07, 6.45) is 1.74. The molecule has 0 unspecified atom stereocenters. The molecule has 25 heavy (non-hydrogen) atoms. The number of thioether (sulfide) groups is 1. The molecule has 132 valence electrons. The van der Waals surface area contributed by atoms with Crippen molar-refractivity contribution < 1.29 is 4.79 Å². The molecule has 1 amide bonds. The first-order valence-corrected chi connectivity index (χ1v) is 9.98. The van der Waals surface area contributed by atoms with Gasteiger partial charge in [-0.15, -0.1) is 11.8 Å². The minimum absolute atomic E-state index is 0.0875. The molecule has 1 aliphatic rings. The Hall–Kier alpha value is -1.20. The minimum Gasteiger partial charge on any atom is -0.339 e. The number of hydrogen-bond donors (Lipinski definition) is 1. The van der Waals surface area contributed by atoms with Gasteiger partial charge in [-0.05, 0) is 48.7 Å². The third-order valence-corrected chi connectivity index (χ3v) is 5.73. The van der Waals surface area contributed by atoms with Gasteiger partial charge in [0.25, 0.3) is 5.91 Å². The Balaban J connectivity index is 1.65. The van der Waals surface area contributed by atoms with Gasteiger partial charge in [0.15, 0.2) is 0 Å². The second-order valence-electron chi connectivity index (χ2n) is 6.22. The standard InChI is InChI=1S/C19H20Cl2N2OS/c20-15-9-16(21)11-18(10-15)25-12-13-2-1-3-14(8-13)19(24)23-6-4-17(22)5-7-23/h1-3,8-11,17H,4-7,12,22H2. The van der Waals surface area contributed by atoms with Crippen molar-refractivity contribution in [2.45, 2.75) is 29.5 Å². The normalized spacial score (nSPS) is 15.4. The summed E-state index contributed by atoms with van der Waals surface area (Å²) in [6, 6.07) is 13.5. The van der Waals surface area contributed by atoms with Crippen LogP contribution in [0.15, 0.2) is 47.4 Å². The quantitative estimate of drug-likeness (QED) is 0.753. The summed E-state index contributed by atoms with van der Waals surface area (Å²) in [4.78, 5) is 15.6. The van der Waals surface area contributed by atoms with Gasteiger partial charge in [0.1, 0.15) is 0 Å². The van der Waals surface area contributed by atoms with Crippen LogP contribution in [0.25, 0.3) is 0 Å². The third-order valence-electron chi connectivity index (χ3n) is 4.24. The van der Waals surface area contributed by atoms with E-state index in [-0.39, 0.29) is 11.9 Å². The van der Waals surface area contributed by atoms with Crippen LogP contribution < -0.4 is 5.73 Å². The van der Waals surface area contributed by atoms with Gasteiger partial charge in [0, 0.05) is 45.4 Å². The molecule has 0 aliphatic carbocycles. The maximum absolute atomic E-state index is 12.7. The van der Waals surface area contributed by atoms with E-state index in [1.165, 1.54) is 0 Å². The summed E-state index contributed by atoms with van der Waals surface area (Å²) in [5.41, 5.74) is 7.75. The predicted molar refractivity (Wildman–Crippen MR) is 106 cm³/mol. The van der Waals surface area contributed by atoms with Gasteiger partial charge in [-0.1, -0.05) is 35.3 Å². The number of nitrogens with zero attached hydrogens (tertiary/aromatic N) is 1. The van der Waals surface area contributed by atoms with Gasteiger partial charge in [-0.25, -0.2) is 0 Å². The van der Waals surface area contributed by atoms with Gasteiger partial charge >= 0.3 is 0 Å². The van der Waals surface area contributed by atoms with Crippen LogP contribution in [-0.2, 0) is 5.75 Å². The molecule has 3 nitrogen and oxygen atoms in total. The van der Waals surface area contributed by atoms with E-state index < -0.39 is 0 Å². The average Bonchev–Trinajstić information content (AvgIpc) is 2.59. The van der Waals surface area contributed by atoms with Crippen LogP contribution in [0.3, 0.4) is 0 Å². The first kappa shape index (κ1) is 18.6. The van der Waals surface area contributed by atoms with Crippen molar-refractivity contribution in [3.63, 3.8) is 0 Å². The van der Waals surface area contributed by atoms with Crippen molar-refractivity contribution in [1.82, 2.24) is 4.90 Å². The zero-order valence-corrected chi connectivity index (χ0v) is 16.1. The van der Waals surface area contributed by atoms with Crippen LogP contribution in [0.4, 0.5) is 0 Å². The lowest BCUT2D eigenvalue weighted by Gasteiger charge is -2.30. The number of carbonyl (C=O) groups excluding carboxylic acids is 1. The summed E-state index contributed by atoms with van der Waals surface area (Å²) in [5.74, 6) is 0.840. The van der Waals surface area contributed by atoms with Gasteiger partial charge in [-0.2, -0.15) is 0 Å². The predicted octanol–water partition coefficient (Wildman–Crippen LogP) is 4.85. The molecular formula is C19H20Cl2N2OS. The molecule has 0 atom stereocenters. The van der Waals surface area contributed by atoms with Crippen LogP contribution in [0, 0.1) is 0 Å². The average molecular weight is 395 g/mol. The Morgan fingerprint density at radius 3 is 2.48 bits per heavy atom. The first-order chi connectivity index (χ1) is 12.0. The highest BCUT2D eigenvalue weighted by Crippen LogP contribution is 2.29. The molecular weight excluding hydrogens is 375 g/mol. The van der Waals surface area contributed by atoms with Crippen molar-refractivity contribution in [3.05, 3.63) is 63.6 Å². The summed E-state index contributed by atoms with van der Waals surface area (Å²) >= 11 is 13.7. The molecule has 2 N–H and O–H groups in total. The van der Waals surface area contributed by atoms with Crippen LogP contribution in [-0.4, -0.2) is 29.9 Å². The van der Waals surface area contributed by atoms with E-state index in [9.17, 15) is 4.79 Å². The largest absolute Gasteiger partial charge is 0.339 e. The monoisotopic (exact) mass is 394 g/mol. The zero-order chi connectivity index (χ0) is 17.8. The van der Waals surface area contributed by atoms with Gasteiger partial charge < -0.3 is 10.6 Å². The molecule has 2 aromatic rings. The molecule has 1 fully saturated rings. The highest BCUT2D eigenvalue weighted by atomic mass is 35.5. The number of amides is 1. The maximum atomic E-state index is 12.7. The van der Waals surface area contributed by atoms with E-state index >= 15 is 0 Å². The summed E-state index contributed by atoms with van der Waals surface area (Å²) in [5, 5.41) is 1.25. The van der Waals surface area contributed by atoms with E-state index in [0.29, 0.717) is 10.0 Å². The molecule has 1 saturated heterocycles. The highest BCUT2D eigenvalue weighted by molar-refractivity contribution is 7.98. The lowest BCUT2D eigenvalue weighted by Crippen LogP contribution is -2.42. The smallest absolute Gasteiger partial charge is 0.253 e. The topological polar surface area (TPSA) is 46.3 Å². The van der Waals surface area contributed by atoms with E-state index in [1.807, 2.05) is 41.3 Å². The maximum Gasteiger partial charge on any atom is 0.253 e. The number of piperidine rings is 1. The number of halogens is 2. The molecule has 0 saturated carbocycles. The lowest BCUT2D eigenvalue weighted by atomic mass is 10.0. The number of carbonyl (C=O) groups is 1. The van der Waals surface area contributed by atoms with Crippen molar-refractivity contribution in [3.8, 4) is 0 Å². The fourth-order valence-corrected chi connectivity index (χ4v) is 4.45. The van der Waals surface area contributed by atoms with Crippen molar-refractivity contribution in [2.24, 2.45) is 5.73 Å². The zero-order valence-electron chi connectivity index (χ0n) is 13.8. The van der Waals surface area contributed by atoms with Crippen LogP contribution in [0.1, 0.15) is 28.8 Å². The molecule has 3 rings (SSSR count). The molecule has 1 heterocycles. The number of nitrogens with two attached hydrogens (primary N) is 1. The highest BCUT2D eigenvalue weighted by Gasteiger charge is 2.21. The molecule has 1 aliphatic heterocycles. The summed E-state index contributed by atoms with van der Waals surface area (Å²) in [6.45, 7) is 1.47. The van der Waals surface area contributed by atoms with Crippen molar-refractivity contribution in [2.75, 3.05) is 13.1 Å². The van der Waals surface area contributed by atoms with E-state index in [2.05, 4.69) is 0 Å². The van der Waals surface area contributed by atoms with Crippen LogP contribution in [0.2, 0.25) is 10.0 Å². The van der Waals surface area contributed by atoms with Gasteiger partial charge in [-0.3, -0.25) is 4.79 Å². The van der Waals surface area contributed by atoms with E-state index in [0.717, 1.165) is 47.7 Å². The SMILES string of the molecule is NC1CCN(C(=O)c2cccc(CSc3cc(Cl)cc(Cl)c3)c2)CC1. The minimum atomic E-state index is 0.0875. The Kier molecular flexibility index (Phi) is 6.29. The first-order valence-electron chi connectivity index (χ1n) is 8.24. The number of rotatable bonds is 4. The number of likely N-dealkylation sites (tertiary alicyclic amines) is 1. The van der Waals surface area contributed by atoms with Crippen LogP contribution >= 0.6 is 35.0 Å². The Bertz CT molecular complexity index is 741. The molecule has 0 bridgehead atoms. The van der Waals surface area contributed by atoms with E-state index in [1.54, 1.807) is 17.8 Å². The lowest BCUT2D eigenvalue weighted by molar-refractivity contribution is 0.0714.